The molecule has 0 aromatic carbocycles. The number of carbonyl (C=O) groups excluding carboxylic acids is 2. The molecular formula is C17H33N3O2. The summed E-state index contributed by atoms with van der Waals surface area (Å²) in [7, 11) is 0. The summed E-state index contributed by atoms with van der Waals surface area (Å²) in [5.74, 6) is 0.353. The standard InChI is InChI=1S/C17H33N3O2/c1-3-11-19(12-4-2)16(21)9-7-10-17(22)20-13-6-5-8-15(20)14-18/h15H,3-14,18H2,1-2H3. The Morgan fingerprint density at radius 1 is 1.14 bits per heavy atom. The third kappa shape index (κ3) is 5.95. The molecule has 2 amide bonds. The summed E-state index contributed by atoms with van der Waals surface area (Å²) < 4.78 is 0. The molecule has 0 saturated carbocycles. The number of rotatable bonds is 9. The third-order valence-electron chi connectivity index (χ3n) is 4.34. The normalized spacial score (nSPS) is 18.3. The summed E-state index contributed by atoms with van der Waals surface area (Å²) >= 11 is 0. The van der Waals surface area contributed by atoms with Crippen molar-refractivity contribution < 1.29 is 9.59 Å². The van der Waals surface area contributed by atoms with Crippen LogP contribution in [0.1, 0.15) is 65.2 Å². The minimum absolute atomic E-state index is 0.167. The first-order valence-electron chi connectivity index (χ1n) is 8.91. The lowest BCUT2D eigenvalue weighted by Gasteiger charge is -2.35. The summed E-state index contributed by atoms with van der Waals surface area (Å²) in [6, 6.07) is 0.202. The lowest BCUT2D eigenvalue weighted by Crippen LogP contribution is -2.47. The highest BCUT2D eigenvalue weighted by Crippen LogP contribution is 2.18. The maximum Gasteiger partial charge on any atom is 0.222 e. The fourth-order valence-corrected chi connectivity index (χ4v) is 3.17. The van der Waals surface area contributed by atoms with Crippen LogP contribution in [0.3, 0.4) is 0 Å². The monoisotopic (exact) mass is 311 g/mol. The van der Waals surface area contributed by atoms with Crippen LogP contribution >= 0.6 is 0 Å². The van der Waals surface area contributed by atoms with Crippen LogP contribution in [0.5, 0.6) is 0 Å². The van der Waals surface area contributed by atoms with Crippen LogP contribution < -0.4 is 5.73 Å². The summed E-state index contributed by atoms with van der Waals surface area (Å²) in [6.45, 7) is 7.19. The van der Waals surface area contributed by atoms with E-state index in [0.29, 0.717) is 25.8 Å². The van der Waals surface area contributed by atoms with Crippen LogP contribution in [0.4, 0.5) is 0 Å². The molecule has 0 spiro atoms. The van der Waals surface area contributed by atoms with Gasteiger partial charge in [0.05, 0.1) is 0 Å². The Kier molecular flexibility index (Phi) is 9.13. The maximum absolute atomic E-state index is 12.3. The van der Waals surface area contributed by atoms with Crippen LogP contribution in [-0.4, -0.2) is 53.8 Å². The minimum Gasteiger partial charge on any atom is -0.343 e. The van der Waals surface area contributed by atoms with E-state index < -0.39 is 0 Å². The van der Waals surface area contributed by atoms with Crippen molar-refractivity contribution in [2.75, 3.05) is 26.2 Å². The molecule has 1 aliphatic rings. The van der Waals surface area contributed by atoms with Gasteiger partial charge >= 0.3 is 0 Å². The molecule has 0 aromatic rings. The summed E-state index contributed by atoms with van der Waals surface area (Å²) in [5, 5.41) is 0. The van der Waals surface area contributed by atoms with Gasteiger partial charge in [0.25, 0.3) is 0 Å². The average molecular weight is 311 g/mol. The molecule has 0 aromatic heterocycles. The Bertz CT molecular complexity index is 341. The highest BCUT2D eigenvalue weighted by Gasteiger charge is 2.25. The molecule has 0 aliphatic carbocycles. The number of hydrogen-bond donors (Lipinski definition) is 1. The van der Waals surface area contributed by atoms with Crippen molar-refractivity contribution in [2.45, 2.75) is 71.3 Å². The predicted octanol–water partition coefficient (Wildman–Crippen LogP) is 2.15. The summed E-state index contributed by atoms with van der Waals surface area (Å²) in [5.41, 5.74) is 5.76. The SMILES string of the molecule is CCCN(CCC)C(=O)CCCC(=O)N1CCCCC1CN. The Balaban J connectivity index is 2.35. The van der Waals surface area contributed by atoms with E-state index in [1.165, 1.54) is 0 Å². The fourth-order valence-electron chi connectivity index (χ4n) is 3.17. The smallest absolute Gasteiger partial charge is 0.222 e. The largest absolute Gasteiger partial charge is 0.343 e. The topological polar surface area (TPSA) is 66.6 Å². The molecule has 1 fully saturated rings. The lowest BCUT2D eigenvalue weighted by molar-refractivity contribution is -0.135. The predicted molar refractivity (Wildman–Crippen MR) is 89.4 cm³/mol. The number of piperidine rings is 1. The van der Waals surface area contributed by atoms with Crippen molar-refractivity contribution in [3.05, 3.63) is 0 Å². The molecule has 2 N–H and O–H groups in total. The number of likely N-dealkylation sites (tertiary alicyclic amines) is 1. The van der Waals surface area contributed by atoms with E-state index in [4.69, 9.17) is 5.73 Å². The van der Waals surface area contributed by atoms with E-state index in [1.54, 1.807) is 0 Å². The lowest BCUT2D eigenvalue weighted by atomic mass is 10.0. The molecule has 1 unspecified atom stereocenters. The fraction of sp³-hybridized carbons (Fsp3) is 0.882. The van der Waals surface area contributed by atoms with E-state index in [2.05, 4.69) is 13.8 Å². The second-order valence-electron chi connectivity index (χ2n) is 6.21. The zero-order valence-corrected chi connectivity index (χ0v) is 14.4. The molecular weight excluding hydrogens is 278 g/mol. The average Bonchev–Trinajstić information content (AvgIpc) is 2.54. The first-order valence-corrected chi connectivity index (χ1v) is 8.91. The number of amides is 2. The zero-order chi connectivity index (χ0) is 16.4. The molecule has 1 rings (SSSR count). The molecule has 128 valence electrons. The van der Waals surface area contributed by atoms with Gasteiger partial charge < -0.3 is 15.5 Å². The van der Waals surface area contributed by atoms with E-state index in [1.807, 2.05) is 9.80 Å². The van der Waals surface area contributed by atoms with Gasteiger partial charge in [-0.1, -0.05) is 13.8 Å². The molecule has 0 radical (unpaired) electrons. The summed E-state index contributed by atoms with van der Waals surface area (Å²) in [6.07, 6.45) is 6.81. The van der Waals surface area contributed by atoms with Crippen molar-refractivity contribution in [3.8, 4) is 0 Å². The van der Waals surface area contributed by atoms with Crippen LogP contribution in [0.25, 0.3) is 0 Å². The van der Waals surface area contributed by atoms with Gasteiger partial charge in [-0.25, -0.2) is 0 Å². The first kappa shape index (κ1) is 18.9. The Morgan fingerprint density at radius 3 is 2.41 bits per heavy atom. The van der Waals surface area contributed by atoms with E-state index in [9.17, 15) is 9.59 Å². The van der Waals surface area contributed by atoms with E-state index >= 15 is 0 Å². The van der Waals surface area contributed by atoms with E-state index in [-0.39, 0.29) is 17.9 Å². The second-order valence-corrected chi connectivity index (χ2v) is 6.21. The molecule has 1 aliphatic heterocycles. The first-order chi connectivity index (χ1) is 10.6. The van der Waals surface area contributed by atoms with Gasteiger partial charge in [-0.15, -0.1) is 0 Å². The molecule has 5 nitrogen and oxygen atoms in total. The van der Waals surface area contributed by atoms with Gasteiger partial charge in [0, 0.05) is 45.1 Å². The van der Waals surface area contributed by atoms with Crippen LogP contribution in [0, 0.1) is 0 Å². The van der Waals surface area contributed by atoms with Gasteiger partial charge in [-0.2, -0.15) is 0 Å². The van der Waals surface area contributed by atoms with Crippen molar-refractivity contribution >= 4 is 11.8 Å². The van der Waals surface area contributed by atoms with Gasteiger partial charge in [-0.05, 0) is 38.5 Å². The molecule has 22 heavy (non-hydrogen) atoms. The van der Waals surface area contributed by atoms with E-state index in [0.717, 1.165) is 51.7 Å². The highest BCUT2D eigenvalue weighted by atomic mass is 16.2. The van der Waals surface area contributed by atoms with Crippen LogP contribution in [0.2, 0.25) is 0 Å². The Morgan fingerprint density at radius 2 is 1.82 bits per heavy atom. The Hall–Kier alpha value is -1.10. The van der Waals surface area contributed by atoms with Gasteiger partial charge in [0.1, 0.15) is 0 Å². The van der Waals surface area contributed by atoms with Crippen LogP contribution in [0.15, 0.2) is 0 Å². The van der Waals surface area contributed by atoms with Crippen molar-refractivity contribution in [1.82, 2.24) is 9.80 Å². The van der Waals surface area contributed by atoms with Crippen molar-refractivity contribution in [3.63, 3.8) is 0 Å². The molecule has 1 saturated heterocycles. The minimum atomic E-state index is 0.167. The van der Waals surface area contributed by atoms with Crippen molar-refractivity contribution in [2.24, 2.45) is 5.73 Å². The van der Waals surface area contributed by atoms with Gasteiger partial charge in [0.2, 0.25) is 11.8 Å². The van der Waals surface area contributed by atoms with Crippen molar-refractivity contribution in [1.29, 1.82) is 0 Å². The number of nitrogens with two attached hydrogens (primary N) is 1. The molecule has 5 heteroatoms. The number of nitrogens with zero attached hydrogens (tertiary/aromatic N) is 2. The third-order valence-corrected chi connectivity index (χ3v) is 4.34. The molecule has 1 atom stereocenters. The van der Waals surface area contributed by atoms with Gasteiger partial charge in [0.15, 0.2) is 0 Å². The zero-order valence-electron chi connectivity index (χ0n) is 14.4. The number of hydrogen-bond acceptors (Lipinski definition) is 3. The van der Waals surface area contributed by atoms with Crippen LogP contribution in [-0.2, 0) is 9.59 Å². The maximum atomic E-state index is 12.3. The van der Waals surface area contributed by atoms with Gasteiger partial charge in [-0.3, -0.25) is 9.59 Å². The molecule has 1 heterocycles. The quantitative estimate of drug-likeness (QED) is 0.709. The Labute approximate surface area is 135 Å². The second kappa shape index (κ2) is 10.6. The molecule has 0 bridgehead atoms. The number of carbonyl (C=O) groups is 2. The highest BCUT2D eigenvalue weighted by molar-refractivity contribution is 5.79. The summed E-state index contributed by atoms with van der Waals surface area (Å²) in [4.78, 5) is 28.4.